The summed E-state index contributed by atoms with van der Waals surface area (Å²) >= 11 is 0. The number of nitrogens with zero attached hydrogens (tertiary/aromatic N) is 4. The van der Waals surface area contributed by atoms with Crippen molar-refractivity contribution >= 4 is 0 Å². The highest BCUT2D eigenvalue weighted by molar-refractivity contribution is 5.49. The standard InChI is InChI=1S/C14H19N5/c1-2-8-19-13(6-7-17-19)14-16-9-10-11(15)4-3-5-12(10)18-14/h6-7,9,11H,2-5,8,15H2,1H3. The molecule has 0 aromatic carbocycles. The van der Waals surface area contributed by atoms with E-state index in [1.807, 2.05) is 16.9 Å². The van der Waals surface area contributed by atoms with Crippen molar-refractivity contribution in [3.63, 3.8) is 0 Å². The fourth-order valence-corrected chi connectivity index (χ4v) is 2.62. The molecule has 2 aromatic heterocycles. The predicted octanol–water partition coefficient (Wildman–Crippen LogP) is 2.09. The summed E-state index contributed by atoms with van der Waals surface area (Å²) in [6.45, 7) is 3.03. The van der Waals surface area contributed by atoms with E-state index in [-0.39, 0.29) is 6.04 Å². The van der Waals surface area contributed by atoms with Crippen molar-refractivity contribution in [1.82, 2.24) is 19.7 Å². The summed E-state index contributed by atoms with van der Waals surface area (Å²) in [4.78, 5) is 9.17. The largest absolute Gasteiger partial charge is 0.324 e. The second-order valence-electron chi connectivity index (χ2n) is 5.03. The summed E-state index contributed by atoms with van der Waals surface area (Å²) in [6.07, 6.45) is 7.89. The first-order valence-corrected chi connectivity index (χ1v) is 6.93. The number of rotatable bonds is 3. The minimum absolute atomic E-state index is 0.0957. The van der Waals surface area contributed by atoms with E-state index in [4.69, 9.17) is 10.7 Å². The average molecular weight is 257 g/mol. The Hall–Kier alpha value is -1.75. The van der Waals surface area contributed by atoms with Crippen LogP contribution >= 0.6 is 0 Å². The zero-order valence-electron chi connectivity index (χ0n) is 11.2. The zero-order chi connectivity index (χ0) is 13.2. The van der Waals surface area contributed by atoms with Gasteiger partial charge in [0.2, 0.25) is 0 Å². The Morgan fingerprint density at radius 1 is 1.47 bits per heavy atom. The molecule has 100 valence electrons. The molecule has 0 saturated carbocycles. The number of nitrogens with two attached hydrogens (primary N) is 1. The van der Waals surface area contributed by atoms with Gasteiger partial charge in [-0.05, 0) is 31.7 Å². The maximum Gasteiger partial charge on any atom is 0.178 e. The van der Waals surface area contributed by atoms with Crippen LogP contribution in [-0.2, 0) is 13.0 Å². The van der Waals surface area contributed by atoms with E-state index in [1.165, 1.54) is 0 Å². The molecule has 1 aliphatic carbocycles. The zero-order valence-corrected chi connectivity index (χ0v) is 11.2. The summed E-state index contributed by atoms with van der Waals surface area (Å²) < 4.78 is 1.96. The maximum atomic E-state index is 6.10. The molecule has 0 spiro atoms. The van der Waals surface area contributed by atoms with Crippen molar-refractivity contribution in [3.8, 4) is 11.5 Å². The van der Waals surface area contributed by atoms with Crippen molar-refractivity contribution in [3.05, 3.63) is 29.7 Å². The molecule has 1 aliphatic rings. The van der Waals surface area contributed by atoms with Crippen molar-refractivity contribution in [2.75, 3.05) is 0 Å². The number of hydrogen-bond acceptors (Lipinski definition) is 4. The quantitative estimate of drug-likeness (QED) is 0.914. The molecule has 2 aromatic rings. The van der Waals surface area contributed by atoms with E-state index >= 15 is 0 Å². The van der Waals surface area contributed by atoms with Gasteiger partial charge in [0, 0.05) is 36.2 Å². The first-order chi connectivity index (χ1) is 9.29. The fraction of sp³-hybridized carbons (Fsp3) is 0.500. The van der Waals surface area contributed by atoms with Crippen LogP contribution in [0.4, 0.5) is 0 Å². The Morgan fingerprint density at radius 2 is 2.37 bits per heavy atom. The topological polar surface area (TPSA) is 69.6 Å². The van der Waals surface area contributed by atoms with Gasteiger partial charge in [-0.15, -0.1) is 0 Å². The summed E-state index contributed by atoms with van der Waals surface area (Å²) in [5.74, 6) is 0.763. The number of hydrogen-bond donors (Lipinski definition) is 1. The monoisotopic (exact) mass is 257 g/mol. The summed E-state index contributed by atoms with van der Waals surface area (Å²) in [5.41, 5.74) is 9.30. The first-order valence-electron chi connectivity index (χ1n) is 6.93. The molecule has 5 nitrogen and oxygen atoms in total. The van der Waals surface area contributed by atoms with Crippen LogP contribution in [-0.4, -0.2) is 19.7 Å². The summed E-state index contributed by atoms with van der Waals surface area (Å²) in [7, 11) is 0. The molecule has 0 radical (unpaired) electrons. The van der Waals surface area contributed by atoms with Gasteiger partial charge in [-0.2, -0.15) is 5.10 Å². The van der Waals surface area contributed by atoms with Gasteiger partial charge in [-0.25, -0.2) is 9.97 Å². The van der Waals surface area contributed by atoms with E-state index in [0.29, 0.717) is 0 Å². The van der Waals surface area contributed by atoms with Gasteiger partial charge in [0.15, 0.2) is 5.82 Å². The highest BCUT2D eigenvalue weighted by Gasteiger charge is 2.20. The number of fused-ring (bicyclic) bond motifs is 1. The van der Waals surface area contributed by atoms with E-state index in [2.05, 4.69) is 17.0 Å². The second kappa shape index (κ2) is 5.09. The van der Waals surface area contributed by atoms with Gasteiger partial charge in [0.25, 0.3) is 0 Å². The fourth-order valence-electron chi connectivity index (χ4n) is 2.62. The Labute approximate surface area is 112 Å². The Morgan fingerprint density at radius 3 is 3.21 bits per heavy atom. The molecule has 1 atom stereocenters. The van der Waals surface area contributed by atoms with E-state index < -0.39 is 0 Å². The third-order valence-corrected chi connectivity index (χ3v) is 3.61. The van der Waals surface area contributed by atoms with Gasteiger partial charge in [-0.3, -0.25) is 4.68 Å². The van der Waals surface area contributed by atoms with Gasteiger partial charge in [-0.1, -0.05) is 6.92 Å². The van der Waals surface area contributed by atoms with Crippen LogP contribution in [0.15, 0.2) is 18.5 Å². The van der Waals surface area contributed by atoms with Crippen molar-refractivity contribution in [1.29, 1.82) is 0 Å². The molecule has 5 heteroatoms. The molecule has 19 heavy (non-hydrogen) atoms. The highest BCUT2D eigenvalue weighted by atomic mass is 15.3. The third-order valence-electron chi connectivity index (χ3n) is 3.61. The molecule has 1 unspecified atom stereocenters. The van der Waals surface area contributed by atoms with Crippen LogP contribution < -0.4 is 5.73 Å². The van der Waals surface area contributed by atoms with Crippen LogP contribution in [0.5, 0.6) is 0 Å². The predicted molar refractivity (Wildman–Crippen MR) is 73.4 cm³/mol. The van der Waals surface area contributed by atoms with Crippen LogP contribution in [0.2, 0.25) is 0 Å². The van der Waals surface area contributed by atoms with Gasteiger partial charge in [0.1, 0.15) is 5.69 Å². The van der Waals surface area contributed by atoms with Crippen LogP contribution in [0.25, 0.3) is 11.5 Å². The molecular formula is C14H19N5. The highest BCUT2D eigenvalue weighted by Crippen LogP contribution is 2.27. The molecule has 0 aliphatic heterocycles. The molecular weight excluding hydrogens is 238 g/mol. The lowest BCUT2D eigenvalue weighted by molar-refractivity contribution is 0.555. The second-order valence-corrected chi connectivity index (χ2v) is 5.03. The molecule has 2 N–H and O–H groups in total. The Kier molecular flexibility index (Phi) is 3.29. The van der Waals surface area contributed by atoms with Crippen LogP contribution in [0.1, 0.15) is 43.5 Å². The van der Waals surface area contributed by atoms with E-state index in [1.54, 1.807) is 6.20 Å². The Balaban J connectivity index is 1.99. The lowest BCUT2D eigenvalue weighted by atomic mass is 9.93. The lowest BCUT2D eigenvalue weighted by Gasteiger charge is -2.21. The van der Waals surface area contributed by atoms with E-state index in [9.17, 15) is 0 Å². The normalized spacial score (nSPS) is 18.3. The van der Waals surface area contributed by atoms with Gasteiger partial charge in [0.05, 0.1) is 0 Å². The molecule has 0 amide bonds. The van der Waals surface area contributed by atoms with Crippen molar-refractivity contribution in [2.24, 2.45) is 5.73 Å². The van der Waals surface area contributed by atoms with Crippen molar-refractivity contribution < 1.29 is 0 Å². The minimum Gasteiger partial charge on any atom is -0.324 e. The summed E-state index contributed by atoms with van der Waals surface area (Å²) in [6, 6.07) is 2.07. The molecule has 0 bridgehead atoms. The minimum atomic E-state index is 0.0957. The molecule has 0 fully saturated rings. The van der Waals surface area contributed by atoms with Crippen molar-refractivity contribution in [2.45, 2.75) is 45.2 Å². The third kappa shape index (κ3) is 2.26. The molecule has 0 saturated heterocycles. The van der Waals surface area contributed by atoms with Gasteiger partial charge < -0.3 is 5.73 Å². The van der Waals surface area contributed by atoms with Crippen LogP contribution in [0, 0.1) is 0 Å². The van der Waals surface area contributed by atoms with E-state index in [0.717, 1.165) is 55.0 Å². The maximum absolute atomic E-state index is 6.10. The lowest BCUT2D eigenvalue weighted by Crippen LogP contribution is -2.19. The summed E-state index contributed by atoms with van der Waals surface area (Å²) in [5, 5.41) is 4.32. The first kappa shape index (κ1) is 12.3. The number of aromatic nitrogens is 4. The molecule has 2 heterocycles. The van der Waals surface area contributed by atoms with Gasteiger partial charge >= 0.3 is 0 Å². The molecule has 3 rings (SSSR count). The average Bonchev–Trinajstić information content (AvgIpc) is 2.87. The number of aryl methyl sites for hydroxylation is 2. The SMILES string of the molecule is CCCn1nccc1-c1ncc2c(n1)CCCC2N. The Bertz CT molecular complexity index is 575. The van der Waals surface area contributed by atoms with Crippen LogP contribution in [0.3, 0.4) is 0 Å². The smallest absolute Gasteiger partial charge is 0.178 e.